The molecule has 0 aromatic heterocycles. The van der Waals surface area contributed by atoms with E-state index in [1.54, 1.807) is 12.3 Å². The number of ether oxygens (including phenoxy) is 2. The van der Waals surface area contributed by atoms with E-state index in [1.165, 1.54) is 37.2 Å². The smallest absolute Gasteiger partial charge is 0.387 e. The van der Waals surface area contributed by atoms with Gasteiger partial charge in [-0.2, -0.15) is 8.78 Å². The Morgan fingerprint density at radius 2 is 1.98 bits per heavy atom. The summed E-state index contributed by atoms with van der Waals surface area (Å²) in [5.74, 6) is 0.616. The van der Waals surface area contributed by atoms with Gasteiger partial charge in [0, 0.05) is 43.0 Å². The van der Waals surface area contributed by atoms with Gasteiger partial charge in [0.05, 0.1) is 12.2 Å². The Labute approximate surface area is 239 Å². The van der Waals surface area contributed by atoms with E-state index in [-0.39, 0.29) is 23.6 Å². The van der Waals surface area contributed by atoms with Gasteiger partial charge in [0.2, 0.25) is 0 Å². The van der Waals surface area contributed by atoms with Crippen molar-refractivity contribution in [3.63, 3.8) is 0 Å². The van der Waals surface area contributed by atoms with Crippen LogP contribution in [0.3, 0.4) is 0 Å². The highest BCUT2D eigenvalue weighted by Crippen LogP contribution is 2.40. The van der Waals surface area contributed by atoms with E-state index in [0.717, 1.165) is 56.4 Å². The second kappa shape index (κ2) is 13.5. The number of fused-ring (bicyclic) bond motifs is 1. The molecule has 0 spiro atoms. The third kappa shape index (κ3) is 7.63. The molecule has 0 bridgehead atoms. The molecule has 5 rings (SSSR count). The summed E-state index contributed by atoms with van der Waals surface area (Å²) >= 11 is 0. The highest BCUT2D eigenvalue weighted by atomic mass is 19.3. The van der Waals surface area contributed by atoms with Gasteiger partial charge in [0.1, 0.15) is 5.75 Å². The Kier molecular flexibility index (Phi) is 9.53. The molecular weight excluding hydrogens is 526 g/mol. The third-order valence-electron chi connectivity index (χ3n) is 8.31. The predicted octanol–water partition coefficient (Wildman–Crippen LogP) is 4.74. The zero-order chi connectivity index (χ0) is 28.8. The highest BCUT2D eigenvalue weighted by molar-refractivity contribution is 6.04. The number of rotatable bonds is 11. The van der Waals surface area contributed by atoms with E-state index in [1.807, 2.05) is 23.3 Å². The number of halogens is 2. The van der Waals surface area contributed by atoms with Crippen molar-refractivity contribution in [3.05, 3.63) is 69.3 Å². The van der Waals surface area contributed by atoms with Gasteiger partial charge in [-0.1, -0.05) is 29.0 Å². The zero-order valence-electron chi connectivity index (χ0n) is 23.6. The average Bonchev–Trinajstić information content (AvgIpc) is 3.82. The number of benzene rings is 1. The van der Waals surface area contributed by atoms with Crippen molar-refractivity contribution in [2.75, 3.05) is 26.8 Å². The Balaban J connectivity index is 1.25. The molecule has 3 aliphatic carbocycles. The number of ketones is 1. The molecule has 2 saturated carbocycles. The molecule has 1 amide bonds. The fraction of sp³-hybridized carbons (Fsp3) is 0.485. The number of methoxy groups -OCH3 is 1. The Hall–Kier alpha value is -3.48. The first-order chi connectivity index (χ1) is 19.9. The van der Waals surface area contributed by atoms with Gasteiger partial charge in [0.25, 0.3) is 5.91 Å². The van der Waals surface area contributed by atoms with E-state index in [0.29, 0.717) is 29.5 Å². The lowest BCUT2D eigenvalue weighted by Gasteiger charge is -2.23. The molecule has 4 aliphatic rings. The molecule has 1 N–H and O–H groups in total. The maximum atomic E-state index is 13.4. The van der Waals surface area contributed by atoms with E-state index in [9.17, 15) is 18.4 Å². The molecule has 1 unspecified atom stereocenters. The van der Waals surface area contributed by atoms with Crippen LogP contribution in [0.2, 0.25) is 0 Å². The molecule has 1 aromatic carbocycles. The molecule has 2 fully saturated rings. The minimum Gasteiger partial charge on any atom is -0.433 e. The van der Waals surface area contributed by atoms with Crippen LogP contribution in [0.15, 0.2) is 53.3 Å². The van der Waals surface area contributed by atoms with Crippen molar-refractivity contribution in [1.29, 1.82) is 0 Å². The molecule has 1 aromatic rings. The van der Waals surface area contributed by atoms with E-state index in [4.69, 9.17) is 9.47 Å². The number of hydrogen-bond donors (Lipinski definition) is 1. The Bertz CT molecular complexity index is 1420. The van der Waals surface area contributed by atoms with Crippen LogP contribution >= 0.6 is 0 Å². The topological polar surface area (TPSA) is 67.9 Å². The first-order valence-corrected chi connectivity index (χ1v) is 14.6. The van der Waals surface area contributed by atoms with Gasteiger partial charge < -0.3 is 19.7 Å². The van der Waals surface area contributed by atoms with Crippen LogP contribution in [0.25, 0.3) is 11.9 Å². The third-order valence-corrected chi connectivity index (χ3v) is 8.31. The highest BCUT2D eigenvalue weighted by Gasteiger charge is 2.27. The van der Waals surface area contributed by atoms with Crippen LogP contribution in [0.4, 0.5) is 8.78 Å². The van der Waals surface area contributed by atoms with Crippen LogP contribution in [0.5, 0.6) is 5.75 Å². The number of nitrogens with zero attached hydrogens (tertiary/aromatic N) is 1. The number of amides is 1. The molecule has 1 heterocycles. The molecule has 1 atom stereocenters. The SMILES string of the molecule is COCCNC(=O)c1ccc2c(c1OC(F)F)=CN(CC1CCCC(=CC(=O)C3=CC=C(C4CC4)CC3)CC1)C=C=2. The fourth-order valence-electron chi connectivity index (χ4n) is 5.90. The van der Waals surface area contributed by atoms with Gasteiger partial charge in [-0.05, 0) is 93.4 Å². The molecule has 218 valence electrons. The summed E-state index contributed by atoms with van der Waals surface area (Å²) in [5.41, 5.74) is 6.83. The summed E-state index contributed by atoms with van der Waals surface area (Å²) in [6.07, 6.45) is 18.8. The lowest BCUT2D eigenvalue weighted by molar-refractivity contribution is -0.111. The second-order valence-corrected chi connectivity index (χ2v) is 11.3. The zero-order valence-corrected chi connectivity index (χ0v) is 23.6. The van der Waals surface area contributed by atoms with Crippen molar-refractivity contribution in [2.24, 2.45) is 11.8 Å². The van der Waals surface area contributed by atoms with Crippen molar-refractivity contribution in [2.45, 2.75) is 64.4 Å². The maximum Gasteiger partial charge on any atom is 0.387 e. The summed E-state index contributed by atoms with van der Waals surface area (Å²) in [6.45, 7) is -1.83. The quantitative estimate of drug-likeness (QED) is 0.239. The Morgan fingerprint density at radius 3 is 2.71 bits per heavy atom. The maximum absolute atomic E-state index is 13.4. The van der Waals surface area contributed by atoms with Crippen molar-refractivity contribution in [1.82, 2.24) is 10.2 Å². The lowest BCUT2D eigenvalue weighted by atomic mass is 9.92. The lowest BCUT2D eigenvalue weighted by Crippen LogP contribution is -2.37. The van der Waals surface area contributed by atoms with Crippen LogP contribution in [-0.4, -0.2) is 50.0 Å². The first kappa shape index (κ1) is 29.0. The first-order valence-electron chi connectivity index (χ1n) is 14.6. The monoisotopic (exact) mass is 564 g/mol. The largest absolute Gasteiger partial charge is 0.433 e. The molecule has 41 heavy (non-hydrogen) atoms. The number of hydrogen-bond acceptors (Lipinski definition) is 5. The predicted molar refractivity (Wildman–Crippen MR) is 153 cm³/mol. The normalized spacial score (nSPS) is 21.3. The summed E-state index contributed by atoms with van der Waals surface area (Å²) in [7, 11) is 1.52. The van der Waals surface area contributed by atoms with Gasteiger partial charge in [-0.15, -0.1) is 0 Å². The number of allylic oxidation sites excluding steroid dienone is 6. The Morgan fingerprint density at radius 1 is 1.12 bits per heavy atom. The number of carbonyl (C=O) groups excluding carboxylic acids is 2. The summed E-state index contributed by atoms with van der Waals surface area (Å²) in [6, 6.07) is 3.17. The van der Waals surface area contributed by atoms with Gasteiger partial charge in [0.15, 0.2) is 5.78 Å². The number of carbonyl (C=O) groups is 2. The minimum absolute atomic E-state index is 0.0429. The molecule has 6 nitrogen and oxygen atoms in total. The number of nitrogens with one attached hydrogen (secondary N) is 1. The standard InChI is InChI=1S/C33H38F2N2O4/c1-40-18-16-36-32(39)28-14-13-26-15-17-37(21-29(26)31(28)41-33(34)35)20-23-4-2-3-22(5-6-23)19-30(38)27-11-9-25(10-12-27)24-7-8-24/h9,11,13-14,17,19,21,23-24,33H,2-8,10,12,16,18,20H2,1H3,(H,36,39). The van der Waals surface area contributed by atoms with E-state index in [2.05, 4.69) is 17.1 Å². The summed E-state index contributed by atoms with van der Waals surface area (Å²) in [5, 5.41) is 3.67. The molecular formula is C33H38F2N2O4. The van der Waals surface area contributed by atoms with Crippen LogP contribution in [0, 0.1) is 11.8 Å². The van der Waals surface area contributed by atoms with Crippen LogP contribution in [0.1, 0.15) is 68.1 Å². The van der Waals surface area contributed by atoms with Gasteiger partial charge >= 0.3 is 6.61 Å². The minimum atomic E-state index is -3.07. The number of alkyl halides is 2. The fourth-order valence-corrected chi connectivity index (χ4v) is 5.90. The molecule has 0 radical (unpaired) electrons. The average molecular weight is 565 g/mol. The van der Waals surface area contributed by atoms with Crippen molar-refractivity contribution < 1.29 is 27.8 Å². The summed E-state index contributed by atoms with van der Waals surface area (Å²) < 4.78 is 36.6. The summed E-state index contributed by atoms with van der Waals surface area (Å²) in [4.78, 5) is 27.6. The molecule has 8 heteroatoms. The van der Waals surface area contributed by atoms with E-state index >= 15 is 0 Å². The molecule has 1 aliphatic heterocycles. The van der Waals surface area contributed by atoms with E-state index < -0.39 is 12.5 Å². The van der Waals surface area contributed by atoms with Crippen molar-refractivity contribution >= 4 is 23.6 Å². The molecule has 0 saturated heterocycles. The van der Waals surface area contributed by atoms with Crippen LogP contribution in [-0.2, 0) is 9.53 Å². The van der Waals surface area contributed by atoms with Gasteiger partial charge in [-0.3, -0.25) is 9.59 Å². The van der Waals surface area contributed by atoms with Gasteiger partial charge in [-0.25, -0.2) is 0 Å². The van der Waals surface area contributed by atoms with Crippen molar-refractivity contribution in [3.8, 4) is 5.75 Å². The van der Waals surface area contributed by atoms with Crippen LogP contribution < -0.4 is 20.5 Å². The second-order valence-electron chi connectivity index (χ2n) is 11.3.